The van der Waals surface area contributed by atoms with Crippen molar-refractivity contribution in [3.05, 3.63) is 83.9 Å². The van der Waals surface area contributed by atoms with E-state index in [-0.39, 0.29) is 24.4 Å². The number of hydrogen-bond donors (Lipinski definition) is 1. The van der Waals surface area contributed by atoms with Crippen molar-refractivity contribution in [3.8, 4) is 22.6 Å². The largest absolute Gasteiger partial charge is 0.490 e. The average molecular weight is 457 g/mol. The summed E-state index contributed by atoms with van der Waals surface area (Å²) in [5.74, 6) is 1.16. The first kappa shape index (κ1) is 22.0. The predicted molar refractivity (Wildman–Crippen MR) is 130 cm³/mol. The Labute approximate surface area is 199 Å². The lowest BCUT2D eigenvalue weighted by atomic mass is 10.0. The zero-order chi connectivity index (χ0) is 23.3. The van der Waals surface area contributed by atoms with E-state index in [1.165, 1.54) is 0 Å². The summed E-state index contributed by atoms with van der Waals surface area (Å²) in [6.45, 7) is 1.93. The van der Waals surface area contributed by atoms with Crippen molar-refractivity contribution in [2.24, 2.45) is 0 Å². The molecule has 3 aromatic carbocycles. The van der Waals surface area contributed by atoms with E-state index < -0.39 is 0 Å². The van der Waals surface area contributed by atoms with Gasteiger partial charge >= 0.3 is 0 Å². The zero-order valence-corrected chi connectivity index (χ0v) is 19.0. The SMILES string of the molecule is O=C(NCC(=O)N1CCC[C@H]1c1ccc2c(c1)OCCCO2)c1ccc(-c2ccccc2)cc1. The fraction of sp³-hybridized carbons (Fsp3) is 0.286. The third kappa shape index (κ3) is 4.76. The normalized spacial score (nSPS) is 17.2. The van der Waals surface area contributed by atoms with E-state index in [0.29, 0.717) is 25.3 Å². The van der Waals surface area contributed by atoms with Crippen LogP contribution in [0.5, 0.6) is 11.5 Å². The Balaban J connectivity index is 1.21. The molecule has 0 bridgehead atoms. The van der Waals surface area contributed by atoms with Crippen LogP contribution in [-0.4, -0.2) is 43.0 Å². The molecule has 1 fully saturated rings. The number of benzene rings is 3. The van der Waals surface area contributed by atoms with Gasteiger partial charge in [0.1, 0.15) is 0 Å². The van der Waals surface area contributed by atoms with Crippen molar-refractivity contribution in [1.82, 2.24) is 10.2 Å². The molecule has 1 N–H and O–H groups in total. The molecule has 2 aliphatic heterocycles. The maximum atomic E-state index is 13.0. The van der Waals surface area contributed by atoms with Gasteiger partial charge < -0.3 is 19.7 Å². The molecule has 2 aliphatic rings. The van der Waals surface area contributed by atoms with Crippen LogP contribution in [0, 0.1) is 0 Å². The number of hydrogen-bond acceptors (Lipinski definition) is 4. The first-order valence-electron chi connectivity index (χ1n) is 11.8. The second-order valence-corrected chi connectivity index (χ2v) is 8.63. The number of amides is 2. The molecule has 0 unspecified atom stereocenters. The fourth-order valence-electron chi connectivity index (χ4n) is 4.60. The van der Waals surface area contributed by atoms with Gasteiger partial charge in [-0.15, -0.1) is 0 Å². The average Bonchev–Trinajstić information content (AvgIpc) is 3.26. The van der Waals surface area contributed by atoms with Crippen LogP contribution in [-0.2, 0) is 4.79 Å². The Hall–Kier alpha value is -3.80. The standard InChI is InChI=1S/C28H28N2O4/c31-27(19-29-28(32)22-11-9-21(10-12-22)20-6-2-1-3-7-20)30-15-4-8-24(30)23-13-14-25-26(18-23)34-17-5-16-33-25/h1-3,6-7,9-14,18,24H,4-5,8,15-17,19H2,(H,29,32)/t24-/m0/s1. The van der Waals surface area contributed by atoms with Gasteiger partial charge in [-0.1, -0.05) is 48.5 Å². The van der Waals surface area contributed by atoms with Crippen molar-refractivity contribution in [3.63, 3.8) is 0 Å². The van der Waals surface area contributed by atoms with Gasteiger partial charge in [-0.3, -0.25) is 9.59 Å². The van der Waals surface area contributed by atoms with Crippen LogP contribution in [0.2, 0.25) is 0 Å². The second kappa shape index (κ2) is 10.00. The number of fused-ring (bicyclic) bond motifs is 1. The van der Waals surface area contributed by atoms with Gasteiger partial charge in [0, 0.05) is 18.5 Å². The Morgan fingerprint density at radius 3 is 2.38 bits per heavy atom. The van der Waals surface area contributed by atoms with Crippen molar-refractivity contribution >= 4 is 11.8 Å². The molecule has 0 radical (unpaired) electrons. The van der Waals surface area contributed by atoms with E-state index in [1.807, 2.05) is 65.6 Å². The van der Waals surface area contributed by atoms with Gasteiger partial charge in [0.25, 0.3) is 5.91 Å². The summed E-state index contributed by atoms with van der Waals surface area (Å²) in [5.41, 5.74) is 3.72. The van der Waals surface area contributed by atoms with Gasteiger partial charge in [-0.05, 0) is 53.8 Å². The smallest absolute Gasteiger partial charge is 0.251 e. The molecule has 34 heavy (non-hydrogen) atoms. The summed E-state index contributed by atoms with van der Waals surface area (Å²) in [4.78, 5) is 27.5. The Morgan fingerprint density at radius 2 is 1.59 bits per heavy atom. The van der Waals surface area contributed by atoms with Gasteiger partial charge in [-0.2, -0.15) is 0 Å². The van der Waals surface area contributed by atoms with Crippen LogP contribution < -0.4 is 14.8 Å². The highest BCUT2D eigenvalue weighted by Crippen LogP contribution is 2.37. The molecule has 2 heterocycles. The molecule has 1 atom stereocenters. The highest BCUT2D eigenvalue weighted by atomic mass is 16.5. The van der Waals surface area contributed by atoms with Gasteiger partial charge in [0.2, 0.25) is 5.91 Å². The van der Waals surface area contributed by atoms with E-state index >= 15 is 0 Å². The van der Waals surface area contributed by atoms with Gasteiger partial charge in [0.15, 0.2) is 11.5 Å². The topological polar surface area (TPSA) is 67.9 Å². The molecule has 0 spiro atoms. The number of nitrogens with one attached hydrogen (secondary N) is 1. The summed E-state index contributed by atoms with van der Waals surface area (Å²) < 4.78 is 11.6. The summed E-state index contributed by atoms with van der Waals surface area (Å²) >= 11 is 0. The summed E-state index contributed by atoms with van der Waals surface area (Å²) in [5, 5.41) is 2.79. The number of nitrogens with zero attached hydrogens (tertiary/aromatic N) is 1. The molecule has 0 aromatic heterocycles. The maximum absolute atomic E-state index is 13.0. The number of ether oxygens (including phenoxy) is 2. The van der Waals surface area contributed by atoms with E-state index in [2.05, 4.69) is 5.32 Å². The van der Waals surface area contributed by atoms with E-state index in [9.17, 15) is 9.59 Å². The minimum Gasteiger partial charge on any atom is -0.490 e. The molecule has 0 aliphatic carbocycles. The van der Waals surface area contributed by atoms with Crippen LogP contribution >= 0.6 is 0 Å². The summed E-state index contributed by atoms with van der Waals surface area (Å²) in [7, 11) is 0. The van der Waals surface area contributed by atoms with E-state index in [1.54, 1.807) is 12.1 Å². The number of carbonyl (C=O) groups is 2. The van der Waals surface area contributed by atoms with Crippen LogP contribution in [0.25, 0.3) is 11.1 Å². The number of carbonyl (C=O) groups excluding carboxylic acids is 2. The van der Waals surface area contributed by atoms with Crippen LogP contribution in [0.15, 0.2) is 72.8 Å². The van der Waals surface area contributed by atoms with Crippen LogP contribution in [0.1, 0.15) is 41.2 Å². The van der Waals surface area contributed by atoms with Crippen molar-refractivity contribution in [1.29, 1.82) is 0 Å². The minimum atomic E-state index is -0.251. The van der Waals surface area contributed by atoms with E-state index in [0.717, 1.165) is 47.5 Å². The van der Waals surface area contributed by atoms with Crippen molar-refractivity contribution in [2.45, 2.75) is 25.3 Å². The highest BCUT2D eigenvalue weighted by molar-refractivity contribution is 5.97. The molecule has 6 nitrogen and oxygen atoms in total. The zero-order valence-electron chi connectivity index (χ0n) is 19.0. The monoisotopic (exact) mass is 456 g/mol. The maximum Gasteiger partial charge on any atom is 0.251 e. The van der Waals surface area contributed by atoms with Crippen LogP contribution in [0.3, 0.4) is 0 Å². The summed E-state index contributed by atoms with van der Waals surface area (Å²) in [6, 6.07) is 23.3. The third-order valence-corrected chi connectivity index (χ3v) is 6.38. The fourth-order valence-corrected chi connectivity index (χ4v) is 4.60. The Bertz CT molecular complexity index is 1160. The number of rotatable bonds is 5. The van der Waals surface area contributed by atoms with E-state index in [4.69, 9.17) is 9.47 Å². The first-order valence-corrected chi connectivity index (χ1v) is 11.8. The quantitative estimate of drug-likeness (QED) is 0.609. The first-order chi connectivity index (χ1) is 16.7. The molecular formula is C28H28N2O4. The lowest BCUT2D eigenvalue weighted by Crippen LogP contribution is -2.39. The molecule has 6 heteroatoms. The Kier molecular flexibility index (Phi) is 6.47. The number of likely N-dealkylation sites (tertiary alicyclic amines) is 1. The second-order valence-electron chi connectivity index (χ2n) is 8.63. The predicted octanol–water partition coefficient (Wildman–Crippen LogP) is 4.61. The molecule has 0 saturated carbocycles. The molecule has 3 aromatic rings. The molecule has 174 valence electrons. The molecule has 2 amide bonds. The van der Waals surface area contributed by atoms with Crippen LogP contribution in [0.4, 0.5) is 0 Å². The lowest BCUT2D eigenvalue weighted by Gasteiger charge is -2.26. The lowest BCUT2D eigenvalue weighted by molar-refractivity contribution is -0.131. The Morgan fingerprint density at radius 1 is 0.853 bits per heavy atom. The molecule has 1 saturated heterocycles. The highest BCUT2D eigenvalue weighted by Gasteiger charge is 2.30. The molecular weight excluding hydrogens is 428 g/mol. The van der Waals surface area contributed by atoms with Gasteiger partial charge in [-0.25, -0.2) is 0 Å². The van der Waals surface area contributed by atoms with Gasteiger partial charge in [0.05, 0.1) is 25.8 Å². The molecule has 5 rings (SSSR count). The third-order valence-electron chi connectivity index (χ3n) is 6.38. The van der Waals surface area contributed by atoms with Crippen molar-refractivity contribution in [2.75, 3.05) is 26.3 Å². The summed E-state index contributed by atoms with van der Waals surface area (Å²) in [6.07, 6.45) is 2.67. The van der Waals surface area contributed by atoms with Crippen molar-refractivity contribution < 1.29 is 19.1 Å². The minimum absolute atomic E-state index is 0.0216.